The summed E-state index contributed by atoms with van der Waals surface area (Å²) < 4.78 is 8.65. The van der Waals surface area contributed by atoms with Crippen molar-refractivity contribution in [3.63, 3.8) is 0 Å². The molecule has 6 aromatic rings. The molecule has 0 fully saturated rings. The molecule has 7 heteroatoms. The Morgan fingerprint density at radius 3 is 2.16 bits per heavy atom. The molecule has 0 unspecified atom stereocenters. The molecule has 0 saturated heterocycles. The van der Waals surface area contributed by atoms with Gasteiger partial charge in [0.15, 0.2) is 0 Å². The SMILES string of the molecule is CC(C)(C)c1cc(Oc2[c-]c3c(cc2)c2ccccc2n3-c2cc(C(C)(C)C)ccn2)nc(-c2cc(C(C)(C)C)n[n-]2)c1.[Pt+2]. The van der Waals surface area contributed by atoms with Gasteiger partial charge in [-0.15, -0.1) is 17.5 Å². The van der Waals surface area contributed by atoms with Crippen molar-refractivity contribution in [1.82, 2.24) is 24.7 Å². The van der Waals surface area contributed by atoms with E-state index in [0.717, 1.165) is 50.3 Å². The maximum absolute atomic E-state index is 6.47. The van der Waals surface area contributed by atoms with Crippen LogP contribution in [0.1, 0.15) is 79.1 Å². The van der Waals surface area contributed by atoms with Crippen molar-refractivity contribution in [3.8, 4) is 28.8 Å². The average molecular weight is 765 g/mol. The first kappa shape index (κ1) is 31.7. The Morgan fingerprint density at radius 2 is 1.48 bits per heavy atom. The molecule has 0 aliphatic heterocycles. The Kier molecular flexibility index (Phi) is 8.13. The van der Waals surface area contributed by atoms with Gasteiger partial charge in [0.1, 0.15) is 5.82 Å². The molecule has 0 aliphatic carbocycles. The summed E-state index contributed by atoms with van der Waals surface area (Å²) in [5.74, 6) is 1.93. The number of pyridine rings is 2. The molecule has 2 aromatic carbocycles. The zero-order valence-corrected chi connectivity index (χ0v) is 29.2. The Hall–Kier alpha value is -3.76. The zero-order valence-electron chi connectivity index (χ0n) is 26.9. The van der Waals surface area contributed by atoms with Crippen LogP contribution < -0.4 is 9.84 Å². The molecule has 4 heterocycles. The van der Waals surface area contributed by atoms with Crippen molar-refractivity contribution >= 4 is 21.8 Å². The molecule has 0 bridgehead atoms. The van der Waals surface area contributed by atoms with Crippen LogP contribution >= 0.6 is 0 Å². The van der Waals surface area contributed by atoms with Crippen LogP contribution in [0.5, 0.6) is 11.6 Å². The number of aromatic nitrogens is 5. The summed E-state index contributed by atoms with van der Waals surface area (Å²) in [4.78, 5) is 9.68. The van der Waals surface area contributed by atoms with E-state index in [1.54, 1.807) is 0 Å². The van der Waals surface area contributed by atoms with E-state index in [1.807, 2.05) is 24.4 Å². The van der Waals surface area contributed by atoms with E-state index in [9.17, 15) is 0 Å². The van der Waals surface area contributed by atoms with Crippen molar-refractivity contribution in [1.29, 1.82) is 0 Å². The second kappa shape index (κ2) is 11.3. The molecule has 0 spiro atoms. The van der Waals surface area contributed by atoms with Crippen LogP contribution in [0.25, 0.3) is 39.0 Å². The summed E-state index contributed by atoms with van der Waals surface area (Å²) in [6.45, 7) is 19.6. The van der Waals surface area contributed by atoms with Crippen LogP contribution in [0.15, 0.2) is 72.9 Å². The van der Waals surface area contributed by atoms with E-state index in [0.29, 0.717) is 11.6 Å². The summed E-state index contributed by atoms with van der Waals surface area (Å²) in [5, 5.41) is 11.1. The standard InChI is InChI=1S/C37H39N5O.Pt/c1-35(2,3)23-16-17-38-33(19-23)42-30-13-11-10-12-26(30)27-15-14-25(21-31(27)42)43-34-20-24(36(4,5)6)18-28(39-34)29-22-32(41-40-29)37(7,8)9;/h10-20,22H,1-9H3;/q-2;+2. The molecule has 0 atom stereocenters. The molecule has 0 saturated carbocycles. The van der Waals surface area contributed by atoms with Crippen LogP contribution in [0.4, 0.5) is 0 Å². The van der Waals surface area contributed by atoms with Gasteiger partial charge in [0.05, 0.1) is 5.69 Å². The van der Waals surface area contributed by atoms with Gasteiger partial charge in [-0.2, -0.15) is 6.07 Å². The van der Waals surface area contributed by atoms with E-state index >= 15 is 0 Å². The van der Waals surface area contributed by atoms with Crippen molar-refractivity contribution in [2.45, 2.75) is 78.6 Å². The summed E-state index contributed by atoms with van der Waals surface area (Å²) in [6, 6.07) is 26.4. The normalized spacial score (nSPS) is 12.5. The molecular formula is C37H39N5OPt. The van der Waals surface area contributed by atoms with E-state index in [-0.39, 0.29) is 37.3 Å². The van der Waals surface area contributed by atoms with Gasteiger partial charge >= 0.3 is 21.1 Å². The van der Waals surface area contributed by atoms with Gasteiger partial charge in [-0.25, -0.2) is 9.97 Å². The van der Waals surface area contributed by atoms with Gasteiger partial charge in [0.2, 0.25) is 5.88 Å². The second-order valence-corrected chi connectivity index (χ2v) is 14.4. The van der Waals surface area contributed by atoms with Crippen molar-refractivity contribution in [2.75, 3.05) is 0 Å². The molecule has 0 radical (unpaired) electrons. The number of hydrogen-bond acceptors (Lipinski definition) is 4. The largest absolute Gasteiger partial charge is 2.00 e. The average Bonchev–Trinajstić information content (AvgIpc) is 3.56. The Bertz CT molecular complexity index is 1960. The predicted molar refractivity (Wildman–Crippen MR) is 174 cm³/mol. The predicted octanol–water partition coefficient (Wildman–Crippen LogP) is 9.08. The number of para-hydroxylation sites is 1. The summed E-state index contributed by atoms with van der Waals surface area (Å²) >= 11 is 0. The summed E-state index contributed by atoms with van der Waals surface area (Å²) in [6.07, 6.45) is 1.89. The minimum absolute atomic E-state index is 0. The monoisotopic (exact) mass is 764 g/mol. The molecule has 0 N–H and O–H groups in total. The van der Waals surface area contributed by atoms with Gasteiger partial charge in [0.25, 0.3) is 0 Å². The minimum Gasteiger partial charge on any atom is -0.573 e. The van der Waals surface area contributed by atoms with Gasteiger partial charge in [-0.05, 0) is 51.6 Å². The van der Waals surface area contributed by atoms with Crippen LogP contribution in [-0.2, 0) is 37.3 Å². The van der Waals surface area contributed by atoms with Crippen LogP contribution in [-0.4, -0.2) is 19.6 Å². The molecule has 6 nitrogen and oxygen atoms in total. The first-order chi connectivity index (χ1) is 20.2. The number of ether oxygens (including phenoxy) is 1. The van der Waals surface area contributed by atoms with E-state index < -0.39 is 0 Å². The van der Waals surface area contributed by atoms with Gasteiger partial charge in [0, 0.05) is 34.6 Å². The maximum atomic E-state index is 6.47. The molecule has 0 amide bonds. The molecular weight excluding hydrogens is 726 g/mol. The third-order valence-corrected chi connectivity index (χ3v) is 7.85. The molecule has 44 heavy (non-hydrogen) atoms. The fraction of sp³-hybridized carbons (Fsp3) is 0.324. The number of nitrogens with zero attached hydrogens (tertiary/aromatic N) is 5. The molecule has 6 rings (SSSR count). The third kappa shape index (κ3) is 6.10. The Balaban J connectivity index is 0.00000384. The Morgan fingerprint density at radius 1 is 0.750 bits per heavy atom. The van der Waals surface area contributed by atoms with E-state index in [2.05, 4.69) is 132 Å². The summed E-state index contributed by atoms with van der Waals surface area (Å²) in [5.41, 5.74) is 6.49. The smallest absolute Gasteiger partial charge is 0.573 e. The molecule has 228 valence electrons. The zero-order chi connectivity index (χ0) is 30.7. The van der Waals surface area contributed by atoms with Crippen molar-refractivity contribution in [3.05, 3.63) is 95.8 Å². The number of rotatable bonds is 4. The first-order valence-corrected chi connectivity index (χ1v) is 14.8. The Labute approximate surface area is 274 Å². The van der Waals surface area contributed by atoms with Crippen LogP contribution in [0, 0.1) is 6.07 Å². The molecule has 4 aromatic heterocycles. The van der Waals surface area contributed by atoms with Crippen molar-refractivity contribution in [2.24, 2.45) is 0 Å². The topological polar surface area (TPSA) is 66.9 Å². The van der Waals surface area contributed by atoms with Gasteiger partial charge in [-0.1, -0.05) is 97.8 Å². The number of hydrogen-bond donors (Lipinski definition) is 0. The van der Waals surface area contributed by atoms with Crippen molar-refractivity contribution < 1.29 is 25.8 Å². The molecule has 0 aliphatic rings. The minimum atomic E-state index is -0.119. The third-order valence-electron chi connectivity index (χ3n) is 7.85. The van der Waals surface area contributed by atoms with Crippen LogP contribution in [0.3, 0.4) is 0 Å². The van der Waals surface area contributed by atoms with E-state index in [4.69, 9.17) is 14.7 Å². The number of benzene rings is 2. The van der Waals surface area contributed by atoms with Gasteiger partial charge in [-0.3, -0.25) is 0 Å². The van der Waals surface area contributed by atoms with E-state index in [1.165, 1.54) is 5.56 Å². The quantitative estimate of drug-likeness (QED) is 0.168. The first-order valence-electron chi connectivity index (χ1n) is 14.8. The van der Waals surface area contributed by atoms with Crippen LogP contribution in [0.2, 0.25) is 0 Å². The fourth-order valence-corrected chi connectivity index (χ4v) is 5.20. The van der Waals surface area contributed by atoms with Gasteiger partial charge < -0.3 is 19.5 Å². The summed E-state index contributed by atoms with van der Waals surface area (Å²) in [7, 11) is 0. The second-order valence-electron chi connectivity index (χ2n) is 14.4. The fourth-order valence-electron chi connectivity index (χ4n) is 5.20. The number of fused-ring (bicyclic) bond motifs is 3. The maximum Gasteiger partial charge on any atom is 2.00 e.